The van der Waals surface area contributed by atoms with Gasteiger partial charge in [-0.2, -0.15) is 5.26 Å². The normalized spacial score (nSPS) is 11.8. The van der Waals surface area contributed by atoms with E-state index in [-0.39, 0.29) is 16.4 Å². The van der Waals surface area contributed by atoms with E-state index in [0.717, 1.165) is 0 Å². The number of aliphatic hydroxyl groups is 1. The molecular weight excluding hydrogens is 380 g/mol. The molecule has 0 bridgehead atoms. The number of H-pyrrole nitrogens is 1. The number of nitriles is 1. The van der Waals surface area contributed by atoms with Crippen LogP contribution in [0.2, 0.25) is 5.02 Å². The highest BCUT2D eigenvalue weighted by Gasteiger charge is 2.19. The average Bonchev–Trinajstić information content (AvgIpc) is 3.07. The first-order chi connectivity index (χ1) is 12.9. The van der Waals surface area contributed by atoms with Gasteiger partial charge in [0.15, 0.2) is 23.2 Å². The molecule has 9 heteroatoms. The second kappa shape index (κ2) is 7.43. The first kappa shape index (κ1) is 18.4. The molecule has 0 aliphatic carbocycles. The summed E-state index contributed by atoms with van der Waals surface area (Å²) in [6.45, 7) is -0.686. The highest BCUT2D eigenvalue weighted by molar-refractivity contribution is 6.33. The van der Waals surface area contributed by atoms with Crippen LogP contribution in [-0.4, -0.2) is 27.7 Å². The first-order valence-electron chi connectivity index (χ1n) is 7.49. The molecule has 0 saturated carbocycles. The number of ether oxygens (including phenoxy) is 1. The maximum atomic E-state index is 13.3. The molecule has 2 N–H and O–H groups in total. The fourth-order valence-electron chi connectivity index (χ4n) is 2.29. The summed E-state index contributed by atoms with van der Waals surface area (Å²) in [5, 5.41) is 19.0. The number of allylic oxidation sites excluding steroid dienone is 1. The lowest BCUT2D eigenvalue weighted by Crippen LogP contribution is -2.10. The van der Waals surface area contributed by atoms with Gasteiger partial charge in [-0.05, 0) is 24.3 Å². The molecule has 136 valence electrons. The van der Waals surface area contributed by atoms with E-state index in [1.807, 2.05) is 0 Å². The third-order valence-corrected chi connectivity index (χ3v) is 3.91. The smallest absolute Gasteiger partial charge is 0.340 e. The third kappa shape index (κ3) is 3.73. The molecule has 6 nitrogen and oxygen atoms in total. The number of aliphatic hydroxyl groups excluding tert-OH is 1. The van der Waals surface area contributed by atoms with Crippen LogP contribution in [0.1, 0.15) is 16.2 Å². The van der Waals surface area contributed by atoms with Crippen molar-refractivity contribution < 1.29 is 23.4 Å². The predicted octanol–water partition coefficient (Wildman–Crippen LogP) is 4.14. The van der Waals surface area contributed by atoms with Crippen LogP contribution in [0.3, 0.4) is 0 Å². The van der Waals surface area contributed by atoms with Crippen molar-refractivity contribution in [1.82, 2.24) is 9.97 Å². The fraction of sp³-hybridized carbons (Fsp3) is 0.0556. The van der Waals surface area contributed by atoms with Crippen LogP contribution in [0.5, 0.6) is 0 Å². The van der Waals surface area contributed by atoms with E-state index in [0.29, 0.717) is 23.2 Å². The van der Waals surface area contributed by atoms with Crippen LogP contribution in [0, 0.1) is 23.0 Å². The summed E-state index contributed by atoms with van der Waals surface area (Å²) in [6, 6.07) is 9.99. The lowest BCUT2D eigenvalue weighted by atomic mass is 10.2. The Morgan fingerprint density at radius 1 is 1.30 bits per heavy atom. The molecule has 2 aromatic carbocycles. The van der Waals surface area contributed by atoms with Crippen molar-refractivity contribution in [2.75, 3.05) is 6.61 Å². The maximum Gasteiger partial charge on any atom is 0.340 e. The van der Waals surface area contributed by atoms with Crippen molar-refractivity contribution >= 4 is 34.2 Å². The molecule has 0 fully saturated rings. The number of carbonyl (C=O) groups is 1. The molecule has 3 aromatic rings. The van der Waals surface area contributed by atoms with Crippen molar-refractivity contribution in [1.29, 1.82) is 5.26 Å². The zero-order valence-corrected chi connectivity index (χ0v) is 14.2. The summed E-state index contributed by atoms with van der Waals surface area (Å²) in [7, 11) is 0. The van der Waals surface area contributed by atoms with Crippen molar-refractivity contribution in [2.24, 2.45) is 0 Å². The van der Waals surface area contributed by atoms with E-state index in [1.54, 1.807) is 30.3 Å². The number of fused-ring (bicyclic) bond motifs is 1. The third-order valence-electron chi connectivity index (χ3n) is 3.60. The Hall–Kier alpha value is -3.44. The number of hydrogen-bond acceptors (Lipinski definition) is 5. The first-order valence-corrected chi connectivity index (χ1v) is 7.87. The van der Waals surface area contributed by atoms with E-state index in [9.17, 15) is 23.9 Å². The van der Waals surface area contributed by atoms with Gasteiger partial charge in [-0.3, -0.25) is 0 Å². The van der Waals surface area contributed by atoms with E-state index < -0.39 is 35.5 Å². The Labute approximate surface area is 156 Å². The van der Waals surface area contributed by atoms with Gasteiger partial charge in [0, 0.05) is 0 Å². The number of para-hydroxylation sites is 2. The lowest BCUT2D eigenvalue weighted by molar-refractivity contribution is 0.0502. The topological polar surface area (TPSA) is 99.0 Å². The molecule has 0 spiro atoms. The number of aromatic amines is 1. The van der Waals surface area contributed by atoms with E-state index >= 15 is 0 Å². The molecule has 0 aliphatic rings. The quantitative estimate of drug-likeness (QED) is 0.302. The van der Waals surface area contributed by atoms with Crippen LogP contribution in [0.15, 0.2) is 42.2 Å². The minimum atomic E-state index is -1.27. The van der Waals surface area contributed by atoms with Crippen molar-refractivity contribution in [3.8, 4) is 6.07 Å². The standard InChI is InChI=1S/C18H10ClF2N3O3/c19-11-6-13(21)12(20)5-9(11)18(26)27-8-16(25)10(7-22)17-23-14-3-1-2-4-15(14)24-17/h1-6,25H,8H2,(H,23,24)/b16-10-. The summed E-state index contributed by atoms with van der Waals surface area (Å²) < 4.78 is 31.2. The number of imidazole rings is 1. The second-order valence-electron chi connectivity index (χ2n) is 5.36. The average molecular weight is 390 g/mol. The number of rotatable bonds is 4. The monoisotopic (exact) mass is 389 g/mol. The molecule has 0 unspecified atom stereocenters. The Balaban J connectivity index is 1.82. The van der Waals surface area contributed by atoms with Gasteiger partial charge in [0.25, 0.3) is 0 Å². The number of carbonyl (C=O) groups excluding carboxylic acids is 1. The minimum Gasteiger partial charge on any atom is -0.507 e. The van der Waals surface area contributed by atoms with Crippen molar-refractivity contribution in [3.05, 3.63) is 70.2 Å². The molecule has 27 heavy (non-hydrogen) atoms. The van der Waals surface area contributed by atoms with Gasteiger partial charge in [-0.15, -0.1) is 0 Å². The van der Waals surface area contributed by atoms with Crippen LogP contribution in [-0.2, 0) is 4.74 Å². The van der Waals surface area contributed by atoms with Gasteiger partial charge in [-0.25, -0.2) is 18.6 Å². The Bertz CT molecular complexity index is 1090. The number of esters is 1. The summed E-state index contributed by atoms with van der Waals surface area (Å²) in [4.78, 5) is 19.0. The molecule has 0 atom stereocenters. The molecule has 1 aromatic heterocycles. The van der Waals surface area contributed by atoms with Gasteiger partial charge < -0.3 is 14.8 Å². The fourth-order valence-corrected chi connectivity index (χ4v) is 2.52. The van der Waals surface area contributed by atoms with Gasteiger partial charge in [0.2, 0.25) is 0 Å². The summed E-state index contributed by atoms with van der Waals surface area (Å²) in [5.74, 6) is -4.05. The molecule has 0 saturated heterocycles. The Kier molecular flexibility index (Phi) is 5.05. The molecule has 3 rings (SSSR count). The Morgan fingerprint density at radius 2 is 2.00 bits per heavy atom. The number of halogens is 3. The van der Waals surface area contributed by atoms with Crippen LogP contribution in [0.4, 0.5) is 8.78 Å². The van der Waals surface area contributed by atoms with Crippen LogP contribution < -0.4 is 0 Å². The number of nitrogens with zero attached hydrogens (tertiary/aromatic N) is 2. The largest absolute Gasteiger partial charge is 0.507 e. The highest BCUT2D eigenvalue weighted by atomic mass is 35.5. The van der Waals surface area contributed by atoms with E-state index in [1.165, 1.54) is 0 Å². The predicted molar refractivity (Wildman–Crippen MR) is 92.9 cm³/mol. The zero-order chi connectivity index (χ0) is 19.6. The van der Waals surface area contributed by atoms with Gasteiger partial charge in [0.1, 0.15) is 18.2 Å². The summed E-state index contributed by atoms with van der Waals surface area (Å²) in [5.41, 5.74) is 0.596. The summed E-state index contributed by atoms with van der Waals surface area (Å²) in [6.07, 6.45) is 0. The minimum absolute atomic E-state index is 0.0955. The molecule has 0 aliphatic heterocycles. The zero-order valence-electron chi connectivity index (χ0n) is 13.5. The highest BCUT2D eigenvalue weighted by Crippen LogP contribution is 2.22. The molecule has 1 heterocycles. The SMILES string of the molecule is N#C/C(=C(/O)COC(=O)c1cc(F)c(F)cc1Cl)c1nc2ccccc2[nH]1. The molecule has 0 radical (unpaired) electrons. The van der Waals surface area contributed by atoms with Gasteiger partial charge in [-0.1, -0.05) is 23.7 Å². The van der Waals surface area contributed by atoms with Gasteiger partial charge >= 0.3 is 5.97 Å². The number of benzene rings is 2. The molecular formula is C18H10ClF2N3O3. The second-order valence-corrected chi connectivity index (χ2v) is 5.77. The van der Waals surface area contributed by atoms with Crippen molar-refractivity contribution in [3.63, 3.8) is 0 Å². The van der Waals surface area contributed by atoms with Crippen LogP contribution >= 0.6 is 11.6 Å². The lowest BCUT2D eigenvalue weighted by Gasteiger charge is -2.07. The van der Waals surface area contributed by atoms with E-state index in [2.05, 4.69) is 9.97 Å². The maximum absolute atomic E-state index is 13.3. The Morgan fingerprint density at radius 3 is 2.70 bits per heavy atom. The van der Waals surface area contributed by atoms with E-state index in [4.69, 9.17) is 16.3 Å². The van der Waals surface area contributed by atoms with Crippen LogP contribution in [0.25, 0.3) is 16.6 Å². The number of nitrogens with one attached hydrogen (secondary N) is 1. The van der Waals surface area contributed by atoms with Gasteiger partial charge in [0.05, 0.1) is 21.6 Å². The summed E-state index contributed by atoms with van der Waals surface area (Å²) >= 11 is 5.69. The van der Waals surface area contributed by atoms with Crippen molar-refractivity contribution in [2.45, 2.75) is 0 Å². The molecule has 0 amide bonds. The number of aromatic nitrogens is 2. The number of hydrogen-bond donors (Lipinski definition) is 2.